The SMILES string of the molecule is O=C(CS1(=O)=NC(=O)c2ccccc2C1)Nc1c2c(cc3c1CCC3)CCC2. The molecule has 1 N–H and O–H groups in total. The number of carbonyl (C=O) groups excluding carboxylic acids is 2. The second kappa shape index (κ2) is 6.55. The van der Waals surface area contributed by atoms with E-state index in [9.17, 15) is 13.8 Å². The van der Waals surface area contributed by atoms with Crippen molar-refractivity contribution in [2.45, 2.75) is 44.3 Å². The van der Waals surface area contributed by atoms with Crippen molar-refractivity contribution >= 4 is 27.2 Å². The molecule has 5 rings (SSSR count). The van der Waals surface area contributed by atoms with E-state index in [1.165, 1.54) is 22.3 Å². The molecule has 1 atom stereocenters. The molecule has 0 aromatic heterocycles. The second-order valence-electron chi connectivity index (χ2n) is 7.90. The van der Waals surface area contributed by atoms with Crippen molar-refractivity contribution in [3.63, 3.8) is 0 Å². The molecule has 0 saturated heterocycles. The molecule has 2 aromatic carbocycles. The summed E-state index contributed by atoms with van der Waals surface area (Å²) in [5.74, 6) is -0.893. The summed E-state index contributed by atoms with van der Waals surface area (Å²) in [4.78, 5) is 25.1. The van der Waals surface area contributed by atoms with E-state index in [2.05, 4.69) is 15.7 Å². The lowest BCUT2D eigenvalue weighted by atomic mass is 9.98. The van der Waals surface area contributed by atoms with Crippen LogP contribution in [0.15, 0.2) is 34.7 Å². The largest absolute Gasteiger partial charge is 0.325 e. The van der Waals surface area contributed by atoms with Crippen LogP contribution in [0.2, 0.25) is 0 Å². The summed E-state index contributed by atoms with van der Waals surface area (Å²) in [6.07, 6.45) is 6.29. The minimum absolute atomic E-state index is 0.146. The molecule has 6 heteroatoms. The Bertz CT molecular complexity index is 1110. The minimum atomic E-state index is -2.94. The lowest BCUT2D eigenvalue weighted by Gasteiger charge is -2.19. The highest BCUT2D eigenvalue weighted by molar-refractivity contribution is 7.93. The Kier molecular flexibility index (Phi) is 4.12. The summed E-state index contributed by atoms with van der Waals surface area (Å²) in [6.45, 7) is 0. The zero-order valence-corrected chi connectivity index (χ0v) is 16.4. The van der Waals surface area contributed by atoms with E-state index in [0.29, 0.717) is 11.1 Å². The molecular weight excluding hydrogens is 372 g/mol. The Morgan fingerprint density at radius 2 is 1.68 bits per heavy atom. The van der Waals surface area contributed by atoms with Gasteiger partial charge in [-0.15, -0.1) is 0 Å². The normalized spacial score (nSPS) is 22.2. The van der Waals surface area contributed by atoms with Gasteiger partial charge in [-0.1, -0.05) is 24.3 Å². The number of hydrogen-bond acceptors (Lipinski definition) is 3. The summed E-state index contributed by atoms with van der Waals surface area (Å²) in [7, 11) is -2.94. The van der Waals surface area contributed by atoms with Crippen LogP contribution in [0.3, 0.4) is 0 Å². The van der Waals surface area contributed by atoms with Crippen molar-refractivity contribution in [2.75, 3.05) is 11.1 Å². The number of rotatable bonds is 3. The predicted molar refractivity (Wildman–Crippen MR) is 109 cm³/mol. The Morgan fingerprint density at radius 3 is 2.39 bits per heavy atom. The summed E-state index contributed by atoms with van der Waals surface area (Å²) >= 11 is 0. The molecule has 1 aliphatic heterocycles. The van der Waals surface area contributed by atoms with Crippen LogP contribution >= 0.6 is 0 Å². The summed E-state index contributed by atoms with van der Waals surface area (Å²) in [5, 5.41) is 3.06. The van der Waals surface area contributed by atoms with Gasteiger partial charge in [-0.05, 0) is 72.4 Å². The van der Waals surface area contributed by atoms with E-state index in [-0.39, 0.29) is 17.4 Å². The second-order valence-corrected chi connectivity index (χ2v) is 10.2. The van der Waals surface area contributed by atoms with Crippen molar-refractivity contribution in [1.29, 1.82) is 0 Å². The molecule has 2 aliphatic carbocycles. The van der Waals surface area contributed by atoms with Crippen molar-refractivity contribution in [3.05, 3.63) is 63.7 Å². The fourth-order valence-electron chi connectivity index (χ4n) is 4.76. The van der Waals surface area contributed by atoms with Crippen LogP contribution in [0, 0.1) is 0 Å². The Morgan fingerprint density at radius 1 is 1.00 bits per heavy atom. The van der Waals surface area contributed by atoms with Gasteiger partial charge in [0.05, 0.1) is 15.5 Å². The molecule has 0 saturated carbocycles. The highest BCUT2D eigenvalue weighted by Gasteiger charge is 2.28. The lowest BCUT2D eigenvalue weighted by Crippen LogP contribution is -2.28. The Balaban J connectivity index is 1.43. The van der Waals surface area contributed by atoms with Gasteiger partial charge in [0.1, 0.15) is 5.75 Å². The summed E-state index contributed by atoms with van der Waals surface area (Å²) in [6, 6.07) is 9.37. The van der Waals surface area contributed by atoms with Crippen LogP contribution in [0.1, 0.15) is 51.0 Å². The van der Waals surface area contributed by atoms with Gasteiger partial charge < -0.3 is 5.32 Å². The van der Waals surface area contributed by atoms with E-state index in [1.54, 1.807) is 18.2 Å². The fourth-order valence-corrected chi connectivity index (χ4v) is 6.61. The molecule has 28 heavy (non-hydrogen) atoms. The van der Waals surface area contributed by atoms with Gasteiger partial charge in [0.25, 0.3) is 5.91 Å². The van der Waals surface area contributed by atoms with Crippen LogP contribution in [0.5, 0.6) is 0 Å². The number of fused-ring (bicyclic) bond motifs is 3. The van der Waals surface area contributed by atoms with Gasteiger partial charge in [0.15, 0.2) is 0 Å². The first-order valence-electron chi connectivity index (χ1n) is 9.83. The average Bonchev–Trinajstić information content (AvgIpc) is 3.30. The first-order chi connectivity index (χ1) is 13.5. The number of carbonyl (C=O) groups is 2. The number of nitrogens with one attached hydrogen (secondary N) is 1. The standard InChI is InChI=1S/C22H22N2O3S/c25-20(13-28(27)12-16-5-1-2-8-19(16)22(26)24-28)23-21-17-9-3-6-14(17)11-15-7-4-10-18(15)21/h1-2,5,8,11H,3-4,6-7,9-10,12-13H2,(H,23,25). The molecular formula is C22H22N2O3S. The molecule has 2 aromatic rings. The van der Waals surface area contributed by atoms with E-state index in [4.69, 9.17) is 0 Å². The molecule has 5 nitrogen and oxygen atoms in total. The zero-order chi connectivity index (χ0) is 19.3. The first kappa shape index (κ1) is 17.6. The summed E-state index contributed by atoms with van der Waals surface area (Å²) < 4.78 is 17.1. The lowest BCUT2D eigenvalue weighted by molar-refractivity contribution is -0.113. The maximum absolute atomic E-state index is 13.2. The first-order valence-corrected chi connectivity index (χ1v) is 11.7. The quantitative estimate of drug-likeness (QED) is 0.867. The van der Waals surface area contributed by atoms with E-state index < -0.39 is 15.6 Å². The van der Waals surface area contributed by atoms with Crippen LogP contribution in [-0.2, 0) is 46.0 Å². The number of anilines is 1. The van der Waals surface area contributed by atoms with E-state index >= 15 is 0 Å². The van der Waals surface area contributed by atoms with E-state index in [0.717, 1.165) is 44.2 Å². The number of hydrogen-bond donors (Lipinski definition) is 1. The highest BCUT2D eigenvalue weighted by atomic mass is 32.2. The molecule has 3 aliphatic rings. The molecule has 144 valence electrons. The molecule has 1 heterocycles. The van der Waals surface area contributed by atoms with Gasteiger partial charge in [-0.2, -0.15) is 4.36 Å². The van der Waals surface area contributed by atoms with E-state index in [1.807, 2.05) is 6.07 Å². The van der Waals surface area contributed by atoms with Crippen molar-refractivity contribution in [2.24, 2.45) is 4.36 Å². The predicted octanol–water partition coefficient (Wildman–Crippen LogP) is 3.42. The maximum Gasteiger partial charge on any atom is 0.285 e. The fraction of sp³-hybridized carbons (Fsp3) is 0.364. The average molecular weight is 394 g/mol. The zero-order valence-electron chi connectivity index (χ0n) is 15.6. The highest BCUT2D eigenvalue weighted by Crippen LogP contribution is 2.38. The van der Waals surface area contributed by atoms with Gasteiger partial charge in [-0.25, -0.2) is 4.21 Å². The third-order valence-electron chi connectivity index (χ3n) is 5.97. The number of nitrogens with zero attached hydrogens (tertiary/aromatic N) is 1. The van der Waals surface area contributed by atoms with Crippen LogP contribution < -0.4 is 5.32 Å². The van der Waals surface area contributed by atoms with Crippen LogP contribution in [-0.4, -0.2) is 21.8 Å². The van der Waals surface area contributed by atoms with Gasteiger partial charge in [-0.3, -0.25) is 9.59 Å². The third kappa shape index (κ3) is 2.96. The van der Waals surface area contributed by atoms with Crippen LogP contribution in [0.25, 0.3) is 0 Å². The maximum atomic E-state index is 13.2. The minimum Gasteiger partial charge on any atom is -0.325 e. The van der Waals surface area contributed by atoms with Gasteiger partial charge in [0, 0.05) is 11.3 Å². The molecule has 0 spiro atoms. The van der Waals surface area contributed by atoms with Gasteiger partial charge in [0.2, 0.25) is 5.91 Å². The number of amides is 2. The summed E-state index contributed by atoms with van der Waals surface area (Å²) in [5.41, 5.74) is 7.30. The van der Waals surface area contributed by atoms with Crippen molar-refractivity contribution < 1.29 is 13.8 Å². The third-order valence-corrected chi connectivity index (χ3v) is 7.95. The molecule has 1 unspecified atom stereocenters. The smallest absolute Gasteiger partial charge is 0.285 e. The van der Waals surface area contributed by atoms with Crippen molar-refractivity contribution in [1.82, 2.24) is 0 Å². The Labute approximate surface area is 164 Å². The topological polar surface area (TPSA) is 75.6 Å². The Hall–Kier alpha value is -2.47. The number of benzene rings is 2. The van der Waals surface area contributed by atoms with Crippen molar-refractivity contribution in [3.8, 4) is 0 Å². The number of aryl methyl sites for hydroxylation is 2. The molecule has 0 bridgehead atoms. The van der Waals surface area contributed by atoms with Gasteiger partial charge >= 0.3 is 0 Å². The van der Waals surface area contributed by atoms with Crippen LogP contribution in [0.4, 0.5) is 5.69 Å². The molecule has 0 fully saturated rings. The molecule has 2 amide bonds. The monoisotopic (exact) mass is 394 g/mol. The molecule has 0 radical (unpaired) electrons.